The van der Waals surface area contributed by atoms with Crippen molar-refractivity contribution in [3.8, 4) is 0 Å². The third-order valence-electron chi connectivity index (χ3n) is 4.40. The van der Waals surface area contributed by atoms with E-state index < -0.39 is 18.1 Å². The van der Waals surface area contributed by atoms with E-state index in [2.05, 4.69) is 12.2 Å². The van der Waals surface area contributed by atoms with Gasteiger partial charge in [-0.05, 0) is 17.9 Å². The highest BCUT2D eigenvalue weighted by Crippen LogP contribution is 2.09. The lowest BCUT2D eigenvalue weighted by atomic mass is 10.1. The van der Waals surface area contributed by atoms with E-state index >= 15 is 0 Å². The Kier molecular flexibility index (Phi) is 12.0. The molecule has 0 bridgehead atoms. The second-order valence-corrected chi connectivity index (χ2v) is 7.22. The van der Waals surface area contributed by atoms with Gasteiger partial charge < -0.3 is 14.8 Å². The molecule has 0 spiro atoms. The zero-order chi connectivity index (χ0) is 19.9. The third kappa shape index (κ3) is 10.6. The van der Waals surface area contributed by atoms with Crippen molar-refractivity contribution in [1.29, 1.82) is 0 Å². The number of ether oxygens (including phenoxy) is 2. The molecule has 0 heterocycles. The molecular formula is C22H35NO4. The van der Waals surface area contributed by atoms with Gasteiger partial charge in [-0.15, -0.1) is 0 Å². The second kappa shape index (κ2) is 14.1. The molecule has 1 rings (SSSR count). The molecule has 1 atom stereocenters. The number of amides is 1. The summed E-state index contributed by atoms with van der Waals surface area (Å²) in [6, 6.07) is 8.73. The molecule has 0 saturated carbocycles. The van der Waals surface area contributed by atoms with E-state index in [-0.39, 0.29) is 12.5 Å². The molecule has 1 N–H and O–H groups in total. The van der Waals surface area contributed by atoms with Gasteiger partial charge in [-0.3, -0.25) is 0 Å². The van der Waals surface area contributed by atoms with Crippen molar-refractivity contribution in [3.63, 3.8) is 0 Å². The predicted molar refractivity (Wildman–Crippen MR) is 107 cm³/mol. The molecule has 0 aliphatic heterocycles. The number of carbonyl (C=O) groups is 2. The van der Waals surface area contributed by atoms with Gasteiger partial charge in [-0.25, -0.2) is 9.59 Å². The Morgan fingerprint density at radius 2 is 1.56 bits per heavy atom. The fraction of sp³-hybridized carbons (Fsp3) is 0.636. The van der Waals surface area contributed by atoms with Crippen molar-refractivity contribution in [3.05, 3.63) is 35.9 Å². The third-order valence-corrected chi connectivity index (χ3v) is 4.40. The normalized spacial score (nSPS) is 11.9. The van der Waals surface area contributed by atoms with Crippen LogP contribution in [0, 0.1) is 5.92 Å². The number of benzene rings is 1. The van der Waals surface area contributed by atoms with Gasteiger partial charge in [-0.1, -0.05) is 89.6 Å². The number of nitrogens with one attached hydrogen (secondary N) is 1. The first-order chi connectivity index (χ1) is 13.0. The molecule has 0 saturated heterocycles. The van der Waals surface area contributed by atoms with E-state index in [4.69, 9.17) is 9.47 Å². The summed E-state index contributed by atoms with van der Waals surface area (Å²) >= 11 is 0. The Morgan fingerprint density at radius 3 is 2.19 bits per heavy atom. The SMILES string of the molecule is CCCCCCCCCOC(=O)C(NC(=O)OCc1ccccc1)C(C)C. The van der Waals surface area contributed by atoms with Crippen LogP contribution in [-0.4, -0.2) is 24.7 Å². The molecule has 1 aromatic carbocycles. The first-order valence-electron chi connectivity index (χ1n) is 10.2. The van der Waals surface area contributed by atoms with Crippen LogP contribution in [0.1, 0.15) is 71.3 Å². The number of unbranched alkanes of at least 4 members (excludes halogenated alkanes) is 6. The number of esters is 1. The van der Waals surface area contributed by atoms with Crippen LogP contribution in [-0.2, 0) is 20.9 Å². The molecule has 1 aromatic rings. The van der Waals surface area contributed by atoms with E-state index in [9.17, 15) is 9.59 Å². The summed E-state index contributed by atoms with van der Waals surface area (Å²) in [7, 11) is 0. The Labute approximate surface area is 163 Å². The predicted octanol–water partition coefficient (Wildman–Crippen LogP) is 5.23. The maximum atomic E-state index is 12.3. The van der Waals surface area contributed by atoms with Crippen molar-refractivity contribution in [2.45, 2.75) is 78.4 Å². The maximum absolute atomic E-state index is 12.3. The fourth-order valence-corrected chi connectivity index (χ4v) is 2.71. The summed E-state index contributed by atoms with van der Waals surface area (Å²) < 4.78 is 10.5. The summed E-state index contributed by atoms with van der Waals surface area (Å²) in [4.78, 5) is 24.3. The van der Waals surface area contributed by atoms with Gasteiger partial charge in [0.15, 0.2) is 0 Å². The van der Waals surface area contributed by atoms with Crippen LogP contribution >= 0.6 is 0 Å². The lowest BCUT2D eigenvalue weighted by molar-refractivity contribution is -0.147. The number of hydrogen-bond donors (Lipinski definition) is 1. The Hall–Kier alpha value is -2.04. The monoisotopic (exact) mass is 377 g/mol. The lowest BCUT2D eigenvalue weighted by Crippen LogP contribution is -2.45. The minimum atomic E-state index is -0.696. The van der Waals surface area contributed by atoms with E-state index in [1.807, 2.05) is 44.2 Å². The Balaban J connectivity index is 2.26. The van der Waals surface area contributed by atoms with Crippen LogP contribution in [0.15, 0.2) is 30.3 Å². The van der Waals surface area contributed by atoms with Gasteiger partial charge in [0, 0.05) is 0 Å². The van der Waals surface area contributed by atoms with Gasteiger partial charge in [-0.2, -0.15) is 0 Å². The average molecular weight is 378 g/mol. The number of carbonyl (C=O) groups excluding carboxylic acids is 2. The molecule has 5 heteroatoms. The van der Waals surface area contributed by atoms with Crippen molar-refractivity contribution >= 4 is 12.1 Å². The molecule has 0 aromatic heterocycles. The number of hydrogen-bond acceptors (Lipinski definition) is 4. The molecule has 5 nitrogen and oxygen atoms in total. The molecule has 0 fully saturated rings. The average Bonchev–Trinajstić information content (AvgIpc) is 2.67. The minimum Gasteiger partial charge on any atom is -0.464 e. The molecule has 27 heavy (non-hydrogen) atoms. The molecule has 0 radical (unpaired) electrons. The zero-order valence-corrected chi connectivity index (χ0v) is 17.0. The quantitative estimate of drug-likeness (QED) is 0.377. The van der Waals surface area contributed by atoms with E-state index in [0.717, 1.165) is 18.4 Å². The molecule has 0 aliphatic carbocycles. The van der Waals surface area contributed by atoms with Crippen LogP contribution in [0.4, 0.5) is 4.79 Å². The first-order valence-corrected chi connectivity index (χ1v) is 10.2. The number of rotatable bonds is 13. The van der Waals surface area contributed by atoms with Crippen LogP contribution in [0.5, 0.6) is 0 Å². The van der Waals surface area contributed by atoms with E-state index in [1.54, 1.807) is 0 Å². The smallest absolute Gasteiger partial charge is 0.408 e. The minimum absolute atomic E-state index is 0.0733. The Bertz CT molecular complexity index is 530. The zero-order valence-electron chi connectivity index (χ0n) is 17.0. The Morgan fingerprint density at radius 1 is 0.926 bits per heavy atom. The van der Waals surface area contributed by atoms with Crippen LogP contribution in [0.25, 0.3) is 0 Å². The molecule has 152 valence electrons. The topological polar surface area (TPSA) is 64.6 Å². The molecule has 1 unspecified atom stereocenters. The molecule has 1 amide bonds. The molecule has 0 aliphatic rings. The maximum Gasteiger partial charge on any atom is 0.408 e. The summed E-state index contributed by atoms with van der Waals surface area (Å²) in [5.41, 5.74) is 0.898. The summed E-state index contributed by atoms with van der Waals surface area (Å²) in [5.74, 6) is -0.469. The fourth-order valence-electron chi connectivity index (χ4n) is 2.71. The van der Waals surface area contributed by atoms with Crippen molar-refractivity contribution in [1.82, 2.24) is 5.32 Å². The van der Waals surface area contributed by atoms with Crippen molar-refractivity contribution in [2.75, 3.05) is 6.61 Å². The van der Waals surface area contributed by atoms with Crippen molar-refractivity contribution in [2.24, 2.45) is 5.92 Å². The lowest BCUT2D eigenvalue weighted by Gasteiger charge is -2.20. The van der Waals surface area contributed by atoms with E-state index in [1.165, 1.54) is 32.1 Å². The largest absolute Gasteiger partial charge is 0.464 e. The van der Waals surface area contributed by atoms with Gasteiger partial charge in [0.2, 0.25) is 0 Å². The van der Waals surface area contributed by atoms with Gasteiger partial charge in [0.1, 0.15) is 12.6 Å². The van der Waals surface area contributed by atoms with Gasteiger partial charge in [0.25, 0.3) is 0 Å². The highest BCUT2D eigenvalue weighted by Gasteiger charge is 2.26. The van der Waals surface area contributed by atoms with E-state index in [0.29, 0.717) is 6.61 Å². The molecular weight excluding hydrogens is 342 g/mol. The van der Waals surface area contributed by atoms with Crippen molar-refractivity contribution < 1.29 is 19.1 Å². The van der Waals surface area contributed by atoms with Crippen LogP contribution < -0.4 is 5.32 Å². The standard InChI is InChI=1S/C22H35NO4/c1-4-5-6-7-8-9-13-16-26-21(24)20(18(2)3)23-22(25)27-17-19-14-11-10-12-15-19/h10-12,14-15,18,20H,4-9,13,16-17H2,1-3H3,(H,23,25). The van der Waals surface area contributed by atoms with Gasteiger partial charge in [0.05, 0.1) is 6.61 Å². The second-order valence-electron chi connectivity index (χ2n) is 7.22. The first kappa shape index (κ1) is 23.0. The van der Waals surface area contributed by atoms with Gasteiger partial charge >= 0.3 is 12.1 Å². The number of alkyl carbamates (subject to hydrolysis) is 1. The summed E-state index contributed by atoms with van der Waals surface area (Å²) in [5, 5.41) is 2.63. The van der Waals surface area contributed by atoms with Crippen LogP contribution in [0.2, 0.25) is 0 Å². The summed E-state index contributed by atoms with van der Waals surface area (Å²) in [6.07, 6.45) is 7.55. The summed E-state index contributed by atoms with van der Waals surface area (Å²) in [6.45, 7) is 6.52. The highest BCUT2D eigenvalue weighted by atomic mass is 16.6. The highest BCUT2D eigenvalue weighted by molar-refractivity contribution is 5.81. The van der Waals surface area contributed by atoms with Crippen LogP contribution in [0.3, 0.4) is 0 Å².